The first-order chi connectivity index (χ1) is 10.8. The van der Waals surface area contributed by atoms with Gasteiger partial charge in [0.2, 0.25) is 6.34 Å². The van der Waals surface area contributed by atoms with Crippen LogP contribution in [-0.2, 0) is 6.54 Å². The summed E-state index contributed by atoms with van der Waals surface area (Å²) < 4.78 is 7.74. The highest BCUT2D eigenvalue weighted by Crippen LogP contribution is 2.14. The molecule has 0 amide bonds. The van der Waals surface area contributed by atoms with E-state index in [-0.39, 0.29) is 0 Å². The smallest absolute Gasteiger partial charge is 0.234 e. The van der Waals surface area contributed by atoms with Gasteiger partial charge in [-0.2, -0.15) is 0 Å². The van der Waals surface area contributed by atoms with E-state index in [4.69, 9.17) is 4.74 Å². The zero-order chi connectivity index (χ0) is 15.2. The van der Waals surface area contributed by atoms with Gasteiger partial charge in [0, 0.05) is 26.1 Å². The van der Waals surface area contributed by atoms with Crippen molar-refractivity contribution in [3.63, 3.8) is 0 Å². The molecule has 2 bridgehead atoms. The van der Waals surface area contributed by atoms with Crippen LogP contribution in [0.15, 0.2) is 24.3 Å². The van der Waals surface area contributed by atoms with Gasteiger partial charge in [-0.3, -0.25) is 14.4 Å². The molecule has 22 heavy (non-hydrogen) atoms. The molecule has 2 heterocycles. The molecule has 4 heteroatoms. The van der Waals surface area contributed by atoms with Crippen LogP contribution in [0, 0.1) is 0 Å². The predicted octanol–water partition coefficient (Wildman–Crippen LogP) is 2.04. The maximum Gasteiger partial charge on any atom is 0.234 e. The van der Waals surface area contributed by atoms with Crippen LogP contribution in [0.3, 0.4) is 0 Å². The molecule has 1 aromatic rings. The number of rotatable bonds is 3. The maximum absolute atomic E-state index is 5.24. The summed E-state index contributed by atoms with van der Waals surface area (Å²) in [4.78, 5) is 5.10. The lowest BCUT2D eigenvalue weighted by molar-refractivity contribution is -0.533. The second kappa shape index (κ2) is 7.63. The Hall–Kier alpha value is -1.55. The molecular formula is C18H28N3O+. The lowest BCUT2D eigenvalue weighted by Gasteiger charge is -2.27. The first kappa shape index (κ1) is 15.3. The first-order valence-corrected chi connectivity index (χ1v) is 8.52. The van der Waals surface area contributed by atoms with Gasteiger partial charge < -0.3 is 4.74 Å². The minimum Gasteiger partial charge on any atom is -0.497 e. The zero-order valence-corrected chi connectivity index (χ0v) is 13.7. The van der Waals surface area contributed by atoms with Crippen molar-refractivity contribution in [2.24, 2.45) is 0 Å². The van der Waals surface area contributed by atoms with Gasteiger partial charge in [-0.05, 0) is 30.5 Å². The molecule has 1 aromatic carbocycles. The minimum atomic E-state index is 0.939. The summed E-state index contributed by atoms with van der Waals surface area (Å²) in [7, 11) is 1.72. The fourth-order valence-corrected chi connectivity index (χ4v) is 3.42. The van der Waals surface area contributed by atoms with Crippen molar-refractivity contribution >= 4 is 6.34 Å². The Labute approximate surface area is 134 Å². The molecule has 0 saturated heterocycles. The molecule has 0 aliphatic carbocycles. The normalized spacial score (nSPS) is 20.4. The Morgan fingerprint density at radius 2 is 1.64 bits per heavy atom. The fraction of sp³-hybridized carbons (Fsp3) is 0.611. The highest BCUT2D eigenvalue weighted by atomic mass is 16.5. The van der Waals surface area contributed by atoms with Gasteiger partial charge >= 0.3 is 0 Å². The quantitative estimate of drug-likeness (QED) is 0.796. The summed E-state index contributed by atoms with van der Waals surface area (Å²) in [5.74, 6) is 0.939. The van der Waals surface area contributed by atoms with E-state index in [1.54, 1.807) is 7.11 Å². The van der Waals surface area contributed by atoms with Crippen LogP contribution in [0.2, 0.25) is 0 Å². The Balaban J connectivity index is 1.58. The zero-order valence-electron chi connectivity index (χ0n) is 13.7. The average Bonchev–Trinajstić information content (AvgIpc) is 2.55. The number of hydrogen-bond donors (Lipinski definition) is 0. The molecule has 0 atom stereocenters. The van der Waals surface area contributed by atoms with Gasteiger partial charge in [0.1, 0.15) is 5.75 Å². The molecule has 0 unspecified atom stereocenters. The molecule has 0 spiro atoms. The molecule has 2 aliphatic rings. The van der Waals surface area contributed by atoms with Crippen LogP contribution in [0.4, 0.5) is 0 Å². The van der Waals surface area contributed by atoms with E-state index in [0.29, 0.717) is 0 Å². The van der Waals surface area contributed by atoms with Crippen molar-refractivity contribution in [3.8, 4) is 5.75 Å². The Morgan fingerprint density at radius 1 is 0.955 bits per heavy atom. The lowest BCUT2D eigenvalue weighted by atomic mass is 10.2. The van der Waals surface area contributed by atoms with Crippen LogP contribution < -0.4 is 4.74 Å². The number of benzene rings is 1. The molecule has 3 rings (SSSR count). The highest BCUT2D eigenvalue weighted by molar-refractivity contribution is 5.49. The number of methoxy groups -OCH3 is 1. The molecule has 0 aromatic heterocycles. The third-order valence-electron chi connectivity index (χ3n) is 4.62. The van der Waals surface area contributed by atoms with E-state index < -0.39 is 0 Å². The standard InChI is InChI=1S/C18H28N3O/c1-22-18-7-5-17(6-8-18)15-19-9-2-11-20-13-4-14-21(16-20)12-3-10-19/h5-8,16H,2-4,9-15H2,1H3/q+1. The van der Waals surface area contributed by atoms with Crippen molar-refractivity contribution in [2.75, 3.05) is 46.4 Å². The summed E-state index contributed by atoms with van der Waals surface area (Å²) in [6.07, 6.45) is 6.18. The summed E-state index contributed by atoms with van der Waals surface area (Å²) in [5, 5.41) is 0. The molecule has 0 saturated carbocycles. The van der Waals surface area contributed by atoms with Crippen molar-refractivity contribution in [1.82, 2.24) is 9.80 Å². The van der Waals surface area contributed by atoms with E-state index in [9.17, 15) is 0 Å². The SMILES string of the molecule is COc1ccc(CN2CCCN3C=[N+](CCC3)CCC2)cc1. The molecule has 0 fully saturated rings. The van der Waals surface area contributed by atoms with Crippen LogP contribution >= 0.6 is 0 Å². The van der Waals surface area contributed by atoms with Gasteiger partial charge in [0.15, 0.2) is 0 Å². The van der Waals surface area contributed by atoms with Gasteiger partial charge in [0.05, 0.1) is 33.3 Å². The summed E-state index contributed by atoms with van der Waals surface area (Å²) in [6, 6.07) is 8.50. The fourth-order valence-electron chi connectivity index (χ4n) is 3.42. The topological polar surface area (TPSA) is 18.7 Å². The van der Waals surface area contributed by atoms with Gasteiger partial charge in [-0.1, -0.05) is 12.1 Å². The largest absolute Gasteiger partial charge is 0.497 e. The van der Waals surface area contributed by atoms with Crippen LogP contribution in [0.1, 0.15) is 24.8 Å². The van der Waals surface area contributed by atoms with E-state index in [1.165, 1.54) is 64.1 Å². The van der Waals surface area contributed by atoms with Crippen LogP contribution in [0.25, 0.3) is 0 Å². The van der Waals surface area contributed by atoms with E-state index in [0.717, 1.165) is 12.3 Å². The Morgan fingerprint density at radius 3 is 2.41 bits per heavy atom. The van der Waals surface area contributed by atoms with Crippen LogP contribution in [-0.4, -0.2) is 67.1 Å². The third kappa shape index (κ3) is 4.23. The van der Waals surface area contributed by atoms with Crippen LogP contribution in [0.5, 0.6) is 5.75 Å². The number of nitrogens with zero attached hydrogens (tertiary/aromatic N) is 3. The number of ether oxygens (including phenoxy) is 1. The molecule has 0 radical (unpaired) electrons. The monoisotopic (exact) mass is 302 g/mol. The highest BCUT2D eigenvalue weighted by Gasteiger charge is 2.18. The molecule has 4 nitrogen and oxygen atoms in total. The third-order valence-corrected chi connectivity index (χ3v) is 4.62. The number of hydrogen-bond acceptors (Lipinski definition) is 3. The maximum atomic E-state index is 5.24. The minimum absolute atomic E-state index is 0.939. The van der Waals surface area contributed by atoms with Crippen molar-refractivity contribution in [1.29, 1.82) is 0 Å². The first-order valence-electron chi connectivity index (χ1n) is 8.52. The molecular weight excluding hydrogens is 274 g/mol. The van der Waals surface area contributed by atoms with Gasteiger partial charge in [-0.15, -0.1) is 0 Å². The molecule has 0 N–H and O–H groups in total. The average molecular weight is 302 g/mol. The van der Waals surface area contributed by atoms with E-state index in [1.807, 2.05) is 0 Å². The second-order valence-electron chi connectivity index (χ2n) is 6.37. The predicted molar refractivity (Wildman–Crippen MR) is 89.8 cm³/mol. The van der Waals surface area contributed by atoms with Crippen molar-refractivity contribution < 1.29 is 9.31 Å². The molecule has 2 aliphatic heterocycles. The summed E-state index contributed by atoms with van der Waals surface area (Å²) in [5.41, 5.74) is 1.38. The second-order valence-corrected chi connectivity index (χ2v) is 6.37. The van der Waals surface area contributed by atoms with Crippen molar-refractivity contribution in [2.45, 2.75) is 25.8 Å². The summed E-state index contributed by atoms with van der Waals surface area (Å²) in [6.45, 7) is 8.27. The van der Waals surface area contributed by atoms with E-state index >= 15 is 0 Å². The summed E-state index contributed by atoms with van der Waals surface area (Å²) >= 11 is 0. The Kier molecular flexibility index (Phi) is 5.33. The van der Waals surface area contributed by atoms with E-state index in [2.05, 4.69) is 45.0 Å². The number of fused-ring (bicyclic) bond motifs is 1. The van der Waals surface area contributed by atoms with Gasteiger partial charge in [-0.25, -0.2) is 0 Å². The van der Waals surface area contributed by atoms with Gasteiger partial charge in [0.25, 0.3) is 0 Å². The lowest BCUT2D eigenvalue weighted by Crippen LogP contribution is -2.40. The van der Waals surface area contributed by atoms with Crippen molar-refractivity contribution in [3.05, 3.63) is 29.8 Å². The Bertz CT molecular complexity index is 498. The molecule has 120 valence electrons.